The molecule has 0 fully saturated rings. The lowest BCUT2D eigenvalue weighted by Gasteiger charge is -2.07. The highest BCUT2D eigenvalue weighted by atomic mass is 16.5. The second kappa shape index (κ2) is 13.3. The predicted octanol–water partition coefficient (Wildman–Crippen LogP) is 6.68. The first-order chi connectivity index (χ1) is 11.6. The molecule has 0 spiro atoms. The fourth-order valence-electron chi connectivity index (χ4n) is 2.98. The van der Waals surface area contributed by atoms with Gasteiger partial charge in [0.1, 0.15) is 6.61 Å². The van der Waals surface area contributed by atoms with Crippen LogP contribution in [0.1, 0.15) is 111 Å². The fourth-order valence-corrected chi connectivity index (χ4v) is 2.98. The van der Waals surface area contributed by atoms with Crippen LogP contribution in [-0.4, -0.2) is 18.0 Å². The van der Waals surface area contributed by atoms with Gasteiger partial charge in [0.25, 0.3) is 0 Å². The molecule has 0 saturated carbocycles. The van der Waals surface area contributed by atoms with Gasteiger partial charge in [0, 0.05) is 19.3 Å². The van der Waals surface area contributed by atoms with Crippen LogP contribution in [0.4, 0.5) is 0 Å². The molecular weight excluding hydrogens is 294 g/mol. The molecule has 0 atom stereocenters. The number of aliphatic imine (C=N–C) groups is 1. The van der Waals surface area contributed by atoms with Crippen molar-refractivity contribution < 1.29 is 4.74 Å². The Morgan fingerprint density at radius 1 is 0.833 bits per heavy atom. The Bertz CT molecular complexity index is 400. The van der Waals surface area contributed by atoms with Crippen molar-refractivity contribution in [3.8, 4) is 11.8 Å². The van der Waals surface area contributed by atoms with E-state index in [-0.39, 0.29) is 5.54 Å². The molecule has 0 radical (unpaired) electrons. The Hall–Kier alpha value is -0.970. The van der Waals surface area contributed by atoms with Gasteiger partial charge in [-0.15, -0.1) is 11.8 Å². The summed E-state index contributed by atoms with van der Waals surface area (Å²) in [5.41, 5.74) is 0.00348. The third-order valence-electron chi connectivity index (χ3n) is 4.49. The van der Waals surface area contributed by atoms with Crippen LogP contribution in [0.5, 0.6) is 0 Å². The summed E-state index contributed by atoms with van der Waals surface area (Å²) >= 11 is 0. The molecule has 0 aromatic rings. The van der Waals surface area contributed by atoms with E-state index in [1.54, 1.807) is 0 Å². The van der Waals surface area contributed by atoms with Gasteiger partial charge in [-0.2, -0.15) is 0 Å². The molecule has 0 amide bonds. The minimum Gasteiger partial charge on any atom is -0.478 e. The van der Waals surface area contributed by atoms with E-state index >= 15 is 0 Å². The molecule has 2 nitrogen and oxygen atoms in total. The molecule has 0 aromatic carbocycles. The highest BCUT2D eigenvalue weighted by Crippen LogP contribution is 2.19. The topological polar surface area (TPSA) is 21.6 Å². The number of unbranched alkanes of at least 4 members (excludes halogenated alkanes) is 11. The van der Waals surface area contributed by atoms with Crippen LogP contribution in [0.2, 0.25) is 0 Å². The first-order valence-electron chi connectivity index (χ1n) is 10.3. The average molecular weight is 334 g/mol. The molecule has 2 heteroatoms. The Morgan fingerprint density at radius 3 is 1.92 bits per heavy atom. The van der Waals surface area contributed by atoms with Gasteiger partial charge in [0.2, 0.25) is 0 Å². The molecule has 138 valence electrons. The number of rotatable bonds is 13. The van der Waals surface area contributed by atoms with Crippen molar-refractivity contribution in [1.82, 2.24) is 0 Å². The fraction of sp³-hybridized carbons (Fsp3) is 0.864. The zero-order valence-corrected chi connectivity index (χ0v) is 16.5. The first kappa shape index (κ1) is 21.1. The lowest BCUT2D eigenvalue weighted by molar-refractivity contribution is 0.273. The van der Waals surface area contributed by atoms with Gasteiger partial charge in [-0.25, -0.2) is 4.99 Å². The molecule has 1 aliphatic rings. The van der Waals surface area contributed by atoms with Gasteiger partial charge in [-0.1, -0.05) is 58.3 Å². The van der Waals surface area contributed by atoms with Crippen molar-refractivity contribution in [3.63, 3.8) is 0 Å². The number of hydrogen-bond acceptors (Lipinski definition) is 2. The Labute approximate surface area is 150 Å². The summed E-state index contributed by atoms with van der Waals surface area (Å²) in [6.45, 7) is 7.28. The predicted molar refractivity (Wildman–Crippen MR) is 106 cm³/mol. The molecule has 0 bridgehead atoms. The summed E-state index contributed by atoms with van der Waals surface area (Å²) in [6, 6.07) is 0. The molecule has 0 aliphatic carbocycles. The van der Waals surface area contributed by atoms with Crippen LogP contribution < -0.4 is 0 Å². The summed E-state index contributed by atoms with van der Waals surface area (Å²) in [5, 5.41) is 0. The van der Waals surface area contributed by atoms with Crippen LogP contribution in [0.3, 0.4) is 0 Å². The molecule has 1 heterocycles. The monoisotopic (exact) mass is 333 g/mol. The van der Waals surface area contributed by atoms with Gasteiger partial charge < -0.3 is 4.74 Å². The molecule has 0 unspecified atom stereocenters. The first-order valence-corrected chi connectivity index (χ1v) is 10.3. The lowest BCUT2D eigenvalue weighted by atomic mass is 10.1. The van der Waals surface area contributed by atoms with Crippen molar-refractivity contribution in [1.29, 1.82) is 0 Å². The smallest absolute Gasteiger partial charge is 0.183 e. The van der Waals surface area contributed by atoms with Crippen LogP contribution in [0.25, 0.3) is 0 Å². The maximum atomic E-state index is 5.62. The third-order valence-corrected chi connectivity index (χ3v) is 4.49. The number of ether oxygens (including phenoxy) is 1. The Morgan fingerprint density at radius 2 is 1.38 bits per heavy atom. The van der Waals surface area contributed by atoms with Crippen LogP contribution >= 0.6 is 0 Å². The van der Waals surface area contributed by atoms with E-state index in [0.717, 1.165) is 31.8 Å². The zero-order valence-electron chi connectivity index (χ0n) is 16.5. The van der Waals surface area contributed by atoms with Crippen LogP contribution in [0.15, 0.2) is 4.99 Å². The van der Waals surface area contributed by atoms with E-state index in [9.17, 15) is 0 Å². The maximum Gasteiger partial charge on any atom is 0.183 e. The van der Waals surface area contributed by atoms with E-state index in [0.29, 0.717) is 0 Å². The van der Waals surface area contributed by atoms with Crippen molar-refractivity contribution in [2.24, 2.45) is 4.99 Å². The summed E-state index contributed by atoms with van der Waals surface area (Å²) in [4.78, 5) is 4.60. The molecule has 0 saturated heterocycles. The van der Waals surface area contributed by atoms with Crippen molar-refractivity contribution in [3.05, 3.63) is 0 Å². The van der Waals surface area contributed by atoms with Crippen molar-refractivity contribution >= 4 is 5.90 Å². The summed E-state index contributed by atoms with van der Waals surface area (Å²) < 4.78 is 5.62. The maximum absolute atomic E-state index is 5.62. The minimum atomic E-state index is 0.00348. The molecule has 1 rings (SSSR count). The number of nitrogens with zero attached hydrogens (tertiary/aromatic N) is 1. The second-order valence-corrected chi connectivity index (χ2v) is 7.75. The Balaban J connectivity index is 1.82. The van der Waals surface area contributed by atoms with Crippen LogP contribution in [0, 0.1) is 11.8 Å². The standard InChI is InChI=1S/C22H39NO/c1-4-5-6-7-8-9-10-11-12-13-14-15-16-17-18-19-21-23-22(2,3)20-24-21/h4-10,13-20H2,1-3H3. The SMILES string of the molecule is CCCCCCCCC#CCCCCCCCC1=NC(C)(C)CO1. The number of hydrogen-bond donors (Lipinski definition) is 0. The van der Waals surface area contributed by atoms with Gasteiger partial charge >= 0.3 is 0 Å². The highest BCUT2D eigenvalue weighted by Gasteiger charge is 2.25. The minimum absolute atomic E-state index is 0.00348. The van der Waals surface area contributed by atoms with Crippen molar-refractivity contribution in [2.75, 3.05) is 6.61 Å². The van der Waals surface area contributed by atoms with Gasteiger partial charge in [0.15, 0.2) is 5.90 Å². The summed E-state index contributed by atoms with van der Waals surface area (Å²) in [7, 11) is 0. The normalized spacial score (nSPS) is 15.5. The lowest BCUT2D eigenvalue weighted by Crippen LogP contribution is -2.17. The zero-order chi connectivity index (χ0) is 17.5. The molecule has 0 aromatic heterocycles. The van der Waals surface area contributed by atoms with E-state index in [1.807, 2.05) is 0 Å². The van der Waals surface area contributed by atoms with E-state index in [2.05, 4.69) is 37.6 Å². The molecule has 1 aliphatic heterocycles. The largest absolute Gasteiger partial charge is 0.478 e. The van der Waals surface area contributed by atoms with E-state index < -0.39 is 0 Å². The second-order valence-electron chi connectivity index (χ2n) is 7.75. The van der Waals surface area contributed by atoms with Crippen LogP contribution in [-0.2, 0) is 4.74 Å². The molecule has 0 N–H and O–H groups in total. The van der Waals surface area contributed by atoms with E-state index in [1.165, 1.54) is 70.6 Å². The van der Waals surface area contributed by atoms with Gasteiger partial charge in [0.05, 0.1) is 5.54 Å². The quantitative estimate of drug-likeness (QED) is 0.272. The summed E-state index contributed by atoms with van der Waals surface area (Å²) in [5.74, 6) is 7.66. The van der Waals surface area contributed by atoms with Gasteiger partial charge in [-0.05, 0) is 33.1 Å². The molecular formula is C22H39NO. The van der Waals surface area contributed by atoms with E-state index in [4.69, 9.17) is 4.74 Å². The Kier molecular flexibility index (Phi) is 11.7. The third kappa shape index (κ3) is 11.5. The van der Waals surface area contributed by atoms with Crippen molar-refractivity contribution in [2.45, 2.75) is 116 Å². The molecule has 24 heavy (non-hydrogen) atoms. The average Bonchev–Trinajstić information content (AvgIpc) is 2.90. The summed E-state index contributed by atoms with van der Waals surface area (Å²) in [6.07, 6.45) is 17.8. The highest BCUT2D eigenvalue weighted by molar-refractivity contribution is 5.78. The van der Waals surface area contributed by atoms with Gasteiger partial charge in [-0.3, -0.25) is 0 Å².